The number of methoxy groups -OCH3 is 1. The van der Waals surface area contributed by atoms with Gasteiger partial charge >= 0.3 is 6.18 Å². The molecular formula is C14H10F3O. The standard InChI is InChI=1S/C14H10F3O/c1-18-11-8-6-10(7-9-11)12-4-2-3-5-13(12)14(15,16)17/h2,4-9H,1H3. The lowest BCUT2D eigenvalue weighted by molar-refractivity contribution is -0.137. The molecule has 0 heterocycles. The van der Waals surface area contributed by atoms with Crippen LogP contribution in [0.3, 0.4) is 0 Å². The molecule has 0 fully saturated rings. The van der Waals surface area contributed by atoms with Crippen molar-refractivity contribution in [3.63, 3.8) is 0 Å². The van der Waals surface area contributed by atoms with Gasteiger partial charge in [-0.25, -0.2) is 0 Å². The van der Waals surface area contributed by atoms with Gasteiger partial charge in [0.2, 0.25) is 0 Å². The number of alkyl halides is 3. The summed E-state index contributed by atoms with van der Waals surface area (Å²) in [5.41, 5.74) is -0.0452. The lowest BCUT2D eigenvalue weighted by Gasteiger charge is -2.12. The van der Waals surface area contributed by atoms with E-state index in [-0.39, 0.29) is 5.56 Å². The Morgan fingerprint density at radius 2 is 1.72 bits per heavy atom. The number of ether oxygens (including phenoxy) is 1. The van der Waals surface area contributed by atoms with Gasteiger partial charge in [0.05, 0.1) is 12.7 Å². The van der Waals surface area contributed by atoms with E-state index in [2.05, 4.69) is 6.07 Å². The molecule has 0 aliphatic heterocycles. The first-order chi connectivity index (χ1) is 8.52. The molecule has 0 atom stereocenters. The Bertz CT molecular complexity index is 529. The Balaban J connectivity index is 2.50. The lowest BCUT2D eigenvalue weighted by Crippen LogP contribution is -2.06. The van der Waals surface area contributed by atoms with Gasteiger partial charge in [-0.2, -0.15) is 13.2 Å². The summed E-state index contributed by atoms with van der Waals surface area (Å²) in [5, 5.41) is 0. The van der Waals surface area contributed by atoms with E-state index < -0.39 is 11.7 Å². The van der Waals surface area contributed by atoms with Crippen molar-refractivity contribution in [3.05, 3.63) is 54.1 Å². The molecule has 0 N–H and O–H groups in total. The fourth-order valence-corrected chi connectivity index (χ4v) is 1.69. The van der Waals surface area contributed by atoms with E-state index in [1.807, 2.05) is 0 Å². The van der Waals surface area contributed by atoms with Crippen LogP contribution in [0.1, 0.15) is 5.56 Å². The molecule has 0 aliphatic rings. The molecule has 0 unspecified atom stereocenters. The second-order valence-electron chi connectivity index (χ2n) is 3.70. The SMILES string of the molecule is COc1ccc(-c2cc[c]cc2C(F)(F)F)cc1. The van der Waals surface area contributed by atoms with E-state index in [1.54, 1.807) is 24.3 Å². The van der Waals surface area contributed by atoms with E-state index in [9.17, 15) is 13.2 Å². The van der Waals surface area contributed by atoms with Crippen LogP contribution in [0.25, 0.3) is 11.1 Å². The summed E-state index contributed by atoms with van der Waals surface area (Å²) in [5.74, 6) is 0.606. The van der Waals surface area contributed by atoms with Crippen molar-refractivity contribution in [1.82, 2.24) is 0 Å². The largest absolute Gasteiger partial charge is 0.497 e. The minimum absolute atomic E-state index is 0.143. The third-order valence-electron chi connectivity index (χ3n) is 2.57. The third-order valence-corrected chi connectivity index (χ3v) is 2.57. The van der Waals surface area contributed by atoms with E-state index in [0.717, 1.165) is 6.07 Å². The predicted octanol–water partition coefficient (Wildman–Crippen LogP) is 4.18. The van der Waals surface area contributed by atoms with E-state index in [1.165, 1.54) is 19.2 Å². The Labute approximate surface area is 103 Å². The summed E-state index contributed by atoms with van der Waals surface area (Å²) >= 11 is 0. The molecule has 0 spiro atoms. The fourth-order valence-electron chi connectivity index (χ4n) is 1.69. The van der Waals surface area contributed by atoms with Crippen LogP contribution in [0.4, 0.5) is 13.2 Å². The van der Waals surface area contributed by atoms with E-state index >= 15 is 0 Å². The van der Waals surface area contributed by atoms with Crippen molar-refractivity contribution in [2.75, 3.05) is 7.11 Å². The first-order valence-electron chi connectivity index (χ1n) is 5.24. The Kier molecular flexibility index (Phi) is 3.28. The van der Waals surface area contributed by atoms with Gasteiger partial charge in [-0.15, -0.1) is 0 Å². The summed E-state index contributed by atoms with van der Waals surface area (Å²) in [4.78, 5) is 0. The maximum atomic E-state index is 12.8. The predicted molar refractivity (Wildman–Crippen MR) is 62.3 cm³/mol. The average Bonchev–Trinajstić information content (AvgIpc) is 2.38. The molecule has 2 aromatic rings. The van der Waals surface area contributed by atoms with Crippen LogP contribution in [0, 0.1) is 6.07 Å². The first kappa shape index (κ1) is 12.5. The van der Waals surface area contributed by atoms with Crippen LogP contribution in [0.5, 0.6) is 5.75 Å². The monoisotopic (exact) mass is 251 g/mol. The van der Waals surface area contributed by atoms with Crippen LogP contribution >= 0.6 is 0 Å². The van der Waals surface area contributed by atoms with Crippen LogP contribution in [0.15, 0.2) is 42.5 Å². The zero-order chi connectivity index (χ0) is 13.2. The summed E-state index contributed by atoms with van der Waals surface area (Å²) in [6, 6.07) is 12.8. The maximum absolute atomic E-state index is 12.8. The van der Waals surface area contributed by atoms with Crippen molar-refractivity contribution in [2.24, 2.45) is 0 Å². The van der Waals surface area contributed by atoms with Crippen LogP contribution in [0.2, 0.25) is 0 Å². The van der Waals surface area contributed by atoms with Crippen molar-refractivity contribution >= 4 is 0 Å². The molecule has 0 aliphatic carbocycles. The highest BCUT2D eigenvalue weighted by Crippen LogP contribution is 2.37. The van der Waals surface area contributed by atoms with Crippen LogP contribution < -0.4 is 4.74 Å². The van der Waals surface area contributed by atoms with Crippen LogP contribution in [-0.4, -0.2) is 7.11 Å². The number of rotatable bonds is 2. The number of hydrogen-bond donors (Lipinski definition) is 0. The molecule has 1 radical (unpaired) electrons. The van der Waals surface area contributed by atoms with Crippen LogP contribution in [-0.2, 0) is 6.18 Å². The molecule has 1 nitrogen and oxygen atoms in total. The molecule has 0 amide bonds. The Morgan fingerprint density at radius 3 is 2.28 bits per heavy atom. The van der Waals surface area contributed by atoms with E-state index in [4.69, 9.17) is 4.74 Å². The molecule has 2 aromatic carbocycles. The molecule has 2 rings (SSSR count). The summed E-state index contributed by atoms with van der Waals surface area (Å²) in [6.07, 6.45) is -4.38. The highest BCUT2D eigenvalue weighted by Gasteiger charge is 2.33. The molecule has 0 saturated heterocycles. The van der Waals surface area contributed by atoms with E-state index in [0.29, 0.717) is 11.3 Å². The first-order valence-corrected chi connectivity index (χ1v) is 5.24. The highest BCUT2D eigenvalue weighted by atomic mass is 19.4. The minimum Gasteiger partial charge on any atom is -0.497 e. The molecule has 0 saturated carbocycles. The summed E-state index contributed by atoms with van der Waals surface area (Å²) < 4.78 is 43.5. The zero-order valence-electron chi connectivity index (χ0n) is 9.58. The third kappa shape index (κ3) is 2.47. The number of hydrogen-bond acceptors (Lipinski definition) is 1. The van der Waals surface area contributed by atoms with Gasteiger partial charge in [-0.05, 0) is 35.4 Å². The van der Waals surface area contributed by atoms with Gasteiger partial charge in [-0.3, -0.25) is 0 Å². The number of benzene rings is 2. The van der Waals surface area contributed by atoms with Gasteiger partial charge in [0.25, 0.3) is 0 Å². The van der Waals surface area contributed by atoms with Crippen molar-refractivity contribution in [2.45, 2.75) is 6.18 Å². The van der Waals surface area contributed by atoms with Gasteiger partial charge in [0.1, 0.15) is 5.75 Å². The molecule has 0 bridgehead atoms. The molecule has 18 heavy (non-hydrogen) atoms. The average molecular weight is 251 g/mol. The number of halogens is 3. The molecule has 93 valence electrons. The smallest absolute Gasteiger partial charge is 0.417 e. The Morgan fingerprint density at radius 1 is 1.06 bits per heavy atom. The summed E-state index contributed by atoms with van der Waals surface area (Å²) in [7, 11) is 1.51. The second kappa shape index (κ2) is 4.72. The van der Waals surface area contributed by atoms with Gasteiger partial charge in [0, 0.05) is 0 Å². The zero-order valence-corrected chi connectivity index (χ0v) is 9.58. The molecular weight excluding hydrogens is 241 g/mol. The molecule has 4 heteroatoms. The normalized spacial score (nSPS) is 11.3. The second-order valence-corrected chi connectivity index (χ2v) is 3.70. The lowest BCUT2D eigenvalue weighted by atomic mass is 9.99. The Hall–Kier alpha value is -1.97. The van der Waals surface area contributed by atoms with Gasteiger partial charge in [-0.1, -0.05) is 24.3 Å². The van der Waals surface area contributed by atoms with Crippen molar-refractivity contribution < 1.29 is 17.9 Å². The molecule has 0 aromatic heterocycles. The van der Waals surface area contributed by atoms with Crippen molar-refractivity contribution in [3.8, 4) is 16.9 Å². The minimum atomic E-state index is -4.38. The fraction of sp³-hybridized carbons (Fsp3) is 0.143. The topological polar surface area (TPSA) is 9.23 Å². The highest BCUT2D eigenvalue weighted by molar-refractivity contribution is 5.68. The quantitative estimate of drug-likeness (QED) is 0.778. The summed E-state index contributed by atoms with van der Waals surface area (Å²) in [6.45, 7) is 0. The van der Waals surface area contributed by atoms with Crippen molar-refractivity contribution in [1.29, 1.82) is 0 Å². The van der Waals surface area contributed by atoms with Gasteiger partial charge in [0.15, 0.2) is 0 Å². The van der Waals surface area contributed by atoms with Gasteiger partial charge < -0.3 is 4.74 Å². The maximum Gasteiger partial charge on any atom is 0.417 e.